The normalized spacial score (nSPS) is 25.8. The summed E-state index contributed by atoms with van der Waals surface area (Å²) in [6.07, 6.45) is -1.07. The monoisotopic (exact) mass is 551 g/mol. The first kappa shape index (κ1) is 27.8. The van der Waals surface area contributed by atoms with Crippen molar-refractivity contribution in [3.8, 4) is 0 Å². The van der Waals surface area contributed by atoms with E-state index in [0.717, 1.165) is 22.3 Å². The molecular weight excluding hydrogens is 514 g/mol. The Bertz CT molecular complexity index is 1340. The smallest absolute Gasteiger partial charge is 0.123 e. The zero-order valence-electron chi connectivity index (χ0n) is 23.1. The molecule has 41 heavy (non-hydrogen) atoms. The third-order valence-electron chi connectivity index (χ3n) is 8.12. The van der Waals surface area contributed by atoms with E-state index in [-0.39, 0.29) is 18.6 Å². The molecule has 0 bridgehead atoms. The van der Waals surface area contributed by atoms with Gasteiger partial charge in [-0.3, -0.25) is 4.84 Å². The molecule has 2 aliphatic rings. The van der Waals surface area contributed by atoms with Crippen LogP contribution in [-0.4, -0.2) is 47.2 Å². The van der Waals surface area contributed by atoms with E-state index in [0.29, 0.717) is 33.0 Å². The Labute approximate surface area is 242 Å². The summed E-state index contributed by atoms with van der Waals surface area (Å²) < 4.78 is 19.5. The van der Waals surface area contributed by atoms with E-state index in [1.807, 2.05) is 114 Å². The summed E-state index contributed by atoms with van der Waals surface area (Å²) in [6, 6.07) is 40.2. The first-order valence-electron chi connectivity index (χ1n) is 14.3. The van der Waals surface area contributed by atoms with Gasteiger partial charge in [0.25, 0.3) is 0 Å². The predicted molar refractivity (Wildman–Crippen MR) is 156 cm³/mol. The van der Waals surface area contributed by atoms with Crippen LogP contribution in [0, 0.1) is 5.92 Å². The lowest BCUT2D eigenvalue weighted by Gasteiger charge is -2.35. The second-order valence-electron chi connectivity index (χ2n) is 10.9. The van der Waals surface area contributed by atoms with Crippen LogP contribution < -0.4 is 0 Å². The van der Waals surface area contributed by atoms with E-state index in [1.165, 1.54) is 0 Å². The van der Waals surface area contributed by atoms with Gasteiger partial charge in [0, 0.05) is 12.5 Å². The fraction of sp³-hybridized carbons (Fsp3) is 0.314. The summed E-state index contributed by atoms with van der Waals surface area (Å²) in [5, 5.41) is 14.5. The van der Waals surface area contributed by atoms with Crippen molar-refractivity contribution in [2.75, 3.05) is 13.2 Å². The van der Waals surface area contributed by atoms with Crippen molar-refractivity contribution in [1.82, 2.24) is 5.06 Å². The lowest BCUT2D eigenvalue weighted by Crippen LogP contribution is -2.52. The van der Waals surface area contributed by atoms with Crippen molar-refractivity contribution in [2.45, 2.75) is 50.2 Å². The summed E-state index contributed by atoms with van der Waals surface area (Å²) >= 11 is 0. The standard InChI is InChI=1S/C35H37NO5/c37-35(26-38-22-28-15-7-2-8-16-28)31-25-41-36(21-27-13-5-1-6-14-27)32(31)33(39-23-29-17-9-3-10-18-29)34(35)40-24-30-19-11-4-12-20-30/h1-20,31-34,37H,21-26H2/t31-,32+,33-,34+,35+/m0/s1. The molecule has 4 aromatic rings. The van der Waals surface area contributed by atoms with Crippen molar-refractivity contribution in [2.24, 2.45) is 5.92 Å². The molecule has 1 heterocycles. The number of fused-ring (bicyclic) bond motifs is 1. The lowest BCUT2D eigenvalue weighted by molar-refractivity contribution is -0.213. The number of hydroxylamine groups is 2. The van der Waals surface area contributed by atoms with Gasteiger partial charge in [0.15, 0.2) is 0 Å². The molecular formula is C35H37NO5. The number of ether oxygens (including phenoxy) is 3. The summed E-state index contributed by atoms with van der Waals surface area (Å²) in [7, 11) is 0. The molecule has 1 saturated heterocycles. The number of hydrogen-bond acceptors (Lipinski definition) is 6. The fourth-order valence-electron chi connectivity index (χ4n) is 6.03. The van der Waals surface area contributed by atoms with Crippen molar-refractivity contribution >= 4 is 0 Å². The minimum atomic E-state index is -1.32. The molecule has 0 aromatic heterocycles. The van der Waals surface area contributed by atoms with E-state index in [2.05, 4.69) is 12.1 Å². The Morgan fingerprint density at radius 3 is 1.71 bits per heavy atom. The van der Waals surface area contributed by atoms with Gasteiger partial charge in [0.1, 0.15) is 17.8 Å². The molecule has 1 N–H and O–H groups in total. The summed E-state index contributed by atoms with van der Waals surface area (Å²) in [6.45, 7) is 2.21. The molecule has 0 unspecified atom stereocenters. The number of nitrogens with zero attached hydrogens (tertiary/aromatic N) is 1. The van der Waals surface area contributed by atoms with Gasteiger partial charge in [0.2, 0.25) is 0 Å². The molecule has 6 nitrogen and oxygen atoms in total. The molecule has 2 fully saturated rings. The van der Waals surface area contributed by atoms with Crippen molar-refractivity contribution in [3.05, 3.63) is 144 Å². The van der Waals surface area contributed by atoms with E-state index < -0.39 is 17.8 Å². The highest BCUT2D eigenvalue weighted by Gasteiger charge is 2.65. The molecule has 1 saturated carbocycles. The summed E-state index contributed by atoms with van der Waals surface area (Å²) in [4.78, 5) is 6.26. The van der Waals surface area contributed by atoms with Crippen LogP contribution in [0.1, 0.15) is 22.3 Å². The van der Waals surface area contributed by atoms with Crippen LogP contribution in [0.2, 0.25) is 0 Å². The summed E-state index contributed by atoms with van der Waals surface area (Å²) in [5.74, 6) is -0.261. The first-order chi connectivity index (χ1) is 20.2. The molecule has 1 aliphatic heterocycles. The molecule has 1 aliphatic carbocycles. The Morgan fingerprint density at radius 1 is 0.659 bits per heavy atom. The molecule has 0 radical (unpaired) electrons. The quantitative estimate of drug-likeness (QED) is 0.249. The predicted octanol–water partition coefficient (Wildman–Crippen LogP) is 5.55. The highest BCUT2D eigenvalue weighted by molar-refractivity contribution is 5.20. The van der Waals surface area contributed by atoms with Crippen LogP contribution in [0.25, 0.3) is 0 Å². The molecule has 6 heteroatoms. The Morgan fingerprint density at radius 2 is 1.15 bits per heavy atom. The number of hydrogen-bond donors (Lipinski definition) is 1. The lowest BCUT2D eigenvalue weighted by atomic mass is 9.89. The number of rotatable bonds is 12. The van der Waals surface area contributed by atoms with Gasteiger partial charge in [-0.05, 0) is 22.3 Å². The second kappa shape index (κ2) is 13.1. The molecule has 212 valence electrons. The second-order valence-corrected chi connectivity index (χ2v) is 10.9. The van der Waals surface area contributed by atoms with Gasteiger partial charge in [0.05, 0.1) is 39.1 Å². The average molecular weight is 552 g/mol. The van der Waals surface area contributed by atoms with E-state index in [1.54, 1.807) is 0 Å². The van der Waals surface area contributed by atoms with Crippen molar-refractivity contribution < 1.29 is 24.2 Å². The van der Waals surface area contributed by atoms with Crippen LogP contribution in [-0.2, 0) is 45.4 Å². The van der Waals surface area contributed by atoms with Gasteiger partial charge in [-0.2, -0.15) is 5.06 Å². The molecule has 4 aromatic carbocycles. The van der Waals surface area contributed by atoms with Gasteiger partial charge >= 0.3 is 0 Å². The Hall–Kier alpha value is -3.36. The van der Waals surface area contributed by atoms with E-state index in [9.17, 15) is 5.11 Å². The van der Waals surface area contributed by atoms with Crippen LogP contribution in [0.4, 0.5) is 0 Å². The van der Waals surface area contributed by atoms with E-state index >= 15 is 0 Å². The minimum Gasteiger partial charge on any atom is -0.384 e. The topological polar surface area (TPSA) is 60.4 Å². The van der Waals surface area contributed by atoms with Gasteiger partial charge < -0.3 is 19.3 Å². The van der Waals surface area contributed by atoms with Crippen LogP contribution in [0.15, 0.2) is 121 Å². The van der Waals surface area contributed by atoms with Gasteiger partial charge in [-0.25, -0.2) is 0 Å². The Balaban J connectivity index is 1.29. The fourth-order valence-corrected chi connectivity index (χ4v) is 6.03. The van der Waals surface area contributed by atoms with Crippen LogP contribution >= 0.6 is 0 Å². The van der Waals surface area contributed by atoms with Crippen molar-refractivity contribution in [3.63, 3.8) is 0 Å². The van der Waals surface area contributed by atoms with Crippen LogP contribution in [0.5, 0.6) is 0 Å². The average Bonchev–Trinajstić information content (AvgIpc) is 3.54. The highest BCUT2D eigenvalue weighted by Crippen LogP contribution is 2.47. The first-order valence-corrected chi connectivity index (χ1v) is 14.3. The molecule has 0 spiro atoms. The number of benzene rings is 4. The molecule has 0 amide bonds. The minimum absolute atomic E-state index is 0.107. The maximum absolute atomic E-state index is 12.5. The molecule has 6 rings (SSSR count). The zero-order valence-corrected chi connectivity index (χ0v) is 23.1. The zero-order chi connectivity index (χ0) is 27.9. The van der Waals surface area contributed by atoms with Crippen LogP contribution in [0.3, 0.4) is 0 Å². The summed E-state index contributed by atoms with van der Waals surface area (Å²) in [5.41, 5.74) is 2.97. The largest absolute Gasteiger partial charge is 0.384 e. The maximum atomic E-state index is 12.5. The third-order valence-corrected chi connectivity index (χ3v) is 8.12. The molecule has 5 atom stereocenters. The van der Waals surface area contributed by atoms with Gasteiger partial charge in [-0.1, -0.05) is 121 Å². The Kier molecular flexibility index (Phi) is 8.87. The highest BCUT2D eigenvalue weighted by atomic mass is 16.7. The van der Waals surface area contributed by atoms with Crippen molar-refractivity contribution in [1.29, 1.82) is 0 Å². The van der Waals surface area contributed by atoms with E-state index in [4.69, 9.17) is 19.0 Å². The maximum Gasteiger partial charge on any atom is 0.123 e. The third kappa shape index (κ3) is 6.44. The SMILES string of the molecule is O[C@@]1(COCc2ccccc2)[C@H](OCc2ccccc2)[C@@H](OCc2ccccc2)[C@H]2[C@@H]1CON2Cc1ccccc1. The number of aliphatic hydroxyl groups is 1. The van der Waals surface area contributed by atoms with Gasteiger partial charge in [-0.15, -0.1) is 0 Å².